The molecule has 6 nitrogen and oxygen atoms in total. The summed E-state index contributed by atoms with van der Waals surface area (Å²) in [5, 5.41) is 19.7. The monoisotopic (exact) mass is 332 g/mol. The van der Waals surface area contributed by atoms with Crippen LogP contribution in [0.1, 0.15) is 34.6 Å². The number of benzene rings is 1. The van der Waals surface area contributed by atoms with Gasteiger partial charge < -0.3 is 19.7 Å². The maximum absolute atomic E-state index is 13.0. The van der Waals surface area contributed by atoms with Crippen molar-refractivity contribution in [3.63, 3.8) is 0 Å². The van der Waals surface area contributed by atoms with Gasteiger partial charge in [0, 0.05) is 31.4 Å². The molecule has 1 aliphatic heterocycles. The molecule has 3 rings (SSSR count). The summed E-state index contributed by atoms with van der Waals surface area (Å²) in [6.45, 7) is 2.44. The van der Waals surface area contributed by atoms with E-state index in [0.29, 0.717) is 13.1 Å². The Morgan fingerprint density at radius 2 is 1.88 bits per heavy atom. The number of aliphatic hydroxyl groups excluding tert-OH is 1. The van der Waals surface area contributed by atoms with Gasteiger partial charge in [0.05, 0.1) is 6.10 Å². The van der Waals surface area contributed by atoms with Crippen molar-refractivity contribution in [1.82, 2.24) is 9.47 Å². The molecule has 1 atom stereocenters. The van der Waals surface area contributed by atoms with E-state index in [2.05, 4.69) is 0 Å². The molecule has 0 radical (unpaired) electrons. The number of hydrogen-bond acceptors (Lipinski definition) is 4. The topological polar surface area (TPSA) is 82.8 Å². The minimum absolute atomic E-state index is 0.0519. The van der Waals surface area contributed by atoms with Crippen molar-refractivity contribution in [2.45, 2.75) is 26.1 Å². The molecular weight excluding hydrogens is 315 g/mol. The van der Waals surface area contributed by atoms with E-state index in [4.69, 9.17) is 0 Å². The van der Waals surface area contributed by atoms with Crippen LogP contribution in [0.5, 0.6) is 5.75 Å². The third-order valence-corrected chi connectivity index (χ3v) is 4.12. The van der Waals surface area contributed by atoms with Crippen LogP contribution in [0.2, 0.25) is 0 Å². The van der Waals surface area contributed by atoms with Gasteiger partial charge in [-0.25, -0.2) is 4.39 Å². The maximum atomic E-state index is 13.0. The number of nitrogens with zero attached hydrogens (tertiary/aromatic N) is 2. The molecule has 24 heavy (non-hydrogen) atoms. The van der Waals surface area contributed by atoms with Crippen molar-refractivity contribution in [1.29, 1.82) is 0 Å². The number of carbonyl (C=O) groups excluding carboxylic acids is 1. The van der Waals surface area contributed by atoms with E-state index < -0.39 is 23.2 Å². The quantitative estimate of drug-likeness (QED) is 0.890. The number of rotatable bonds is 3. The van der Waals surface area contributed by atoms with Crippen molar-refractivity contribution >= 4 is 5.91 Å². The van der Waals surface area contributed by atoms with Gasteiger partial charge in [-0.15, -0.1) is 0 Å². The third kappa shape index (κ3) is 2.78. The Labute approximate surface area is 137 Å². The van der Waals surface area contributed by atoms with Crippen LogP contribution < -0.4 is 5.43 Å². The van der Waals surface area contributed by atoms with Gasteiger partial charge in [-0.3, -0.25) is 9.59 Å². The predicted molar refractivity (Wildman–Crippen MR) is 84.1 cm³/mol. The summed E-state index contributed by atoms with van der Waals surface area (Å²) in [4.78, 5) is 26.2. The molecule has 2 aromatic rings. The highest BCUT2D eigenvalue weighted by Crippen LogP contribution is 2.23. The molecule has 1 unspecified atom stereocenters. The van der Waals surface area contributed by atoms with Gasteiger partial charge in [-0.2, -0.15) is 0 Å². The lowest BCUT2D eigenvalue weighted by atomic mass is 10.1. The maximum Gasteiger partial charge on any atom is 0.274 e. The molecular formula is C17H17FN2O4. The normalized spacial score (nSPS) is 15.3. The SMILES string of the molecule is CC(O)c1cn2c(c(O)c1=O)C(=O)N(Cc1ccc(F)cc1)CC2. The number of hydrogen-bond donors (Lipinski definition) is 2. The molecule has 1 amide bonds. The highest BCUT2D eigenvalue weighted by atomic mass is 19.1. The lowest BCUT2D eigenvalue weighted by molar-refractivity contribution is 0.0681. The fraction of sp³-hybridized carbons (Fsp3) is 0.294. The van der Waals surface area contributed by atoms with Crippen molar-refractivity contribution in [2.24, 2.45) is 0 Å². The van der Waals surface area contributed by atoms with Gasteiger partial charge in [0.2, 0.25) is 5.43 Å². The van der Waals surface area contributed by atoms with Crippen molar-refractivity contribution in [3.05, 3.63) is 63.3 Å². The average molecular weight is 332 g/mol. The van der Waals surface area contributed by atoms with E-state index in [1.807, 2.05) is 0 Å². The summed E-state index contributed by atoms with van der Waals surface area (Å²) in [7, 11) is 0. The molecule has 1 aliphatic rings. The number of aromatic nitrogens is 1. The summed E-state index contributed by atoms with van der Waals surface area (Å²) < 4.78 is 14.5. The number of fused-ring (bicyclic) bond motifs is 1. The van der Waals surface area contributed by atoms with Crippen LogP contribution in [0.3, 0.4) is 0 Å². The minimum atomic E-state index is -1.03. The first-order valence-corrected chi connectivity index (χ1v) is 7.56. The number of carbonyl (C=O) groups is 1. The Kier molecular flexibility index (Phi) is 4.11. The number of halogens is 1. The Balaban J connectivity index is 1.94. The zero-order chi connectivity index (χ0) is 17.4. The van der Waals surface area contributed by atoms with Crippen LogP contribution >= 0.6 is 0 Å². The Morgan fingerprint density at radius 3 is 2.50 bits per heavy atom. The zero-order valence-corrected chi connectivity index (χ0v) is 13.1. The lowest BCUT2D eigenvalue weighted by Gasteiger charge is -2.30. The molecule has 2 N–H and O–H groups in total. The van der Waals surface area contributed by atoms with Crippen LogP contribution in [0.15, 0.2) is 35.3 Å². The Bertz CT molecular complexity index is 843. The van der Waals surface area contributed by atoms with Crippen LogP contribution in [0.4, 0.5) is 4.39 Å². The van der Waals surface area contributed by atoms with Gasteiger partial charge in [-0.1, -0.05) is 12.1 Å². The predicted octanol–water partition coefficient (Wildman–Crippen LogP) is 1.40. The van der Waals surface area contributed by atoms with E-state index in [9.17, 15) is 24.2 Å². The van der Waals surface area contributed by atoms with Gasteiger partial charge >= 0.3 is 0 Å². The summed E-state index contributed by atoms with van der Waals surface area (Å²) >= 11 is 0. The highest BCUT2D eigenvalue weighted by Gasteiger charge is 2.30. The largest absolute Gasteiger partial charge is 0.503 e. The molecule has 7 heteroatoms. The molecule has 0 saturated carbocycles. The van der Waals surface area contributed by atoms with Gasteiger partial charge in [0.25, 0.3) is 5.91 Å². The summed E-state index contributed by atoms with van der Waals surface area (Å²) in [6, 6.07) is 5.80. The highest BCUT2D eigenvalue weighted by molar-refractivity contribution is 5.95. The molecule has 0 bridgehead atoms. The van der Waals surface area contributed by atoms with Crippen LogP contribution in [-0.2, 0) is 13.1 Å². The molecule has 1 aromatic carbocycles. The first-order chi connectivity index (χ1) is 11.4. The molecule has 0 fully saturated rings. The second kappa shape index (κ2) is 6.09. The van der Waals surface area contributed by atoms with E-state index in [1.54, 1.807) is 12.1 Å². The summed E-state index contributed by atoms with van der Waals surface area (Å²) in [6.07, 6.45) is 0.378. The summed E-state index contributed by atoms with van der Waals surface area (Å²) in [5.74, 6) is -1.48. The van der Waals surface area contributed by atoms with E-state index in [1.165, 1.54) is 34.7 Å². The Hall–Kier alpha value is -2.67. The average Bonchev–Trinajstić information content (AvgIpc) is 2.54. The molecule has 0 spiro atoms. The summed E-state index contributed by atoms with van der Waals surface area (Å²) in [5.41, 5.74) is -0.0253. The van der Waals surface area contributed by atoms with Crippen molar-refractivity contribution in [2.75, 3.05) is 6.54 Å². The van der Waals surface area contributed by atoms with Gasteiger partial charge in [0.1, 0.15) is 5.82 Å². The first-order valence-electron chi connectivity index (χ1n) is 7.56. The van der Waals surface area contributed by atoms with Crippen molar-refractivity contribution in [3.8, 4) is 5.75 Å². The molecule has 0 saturated heterocycles. The van der Waals surface area contributed by atoms with Gasteiger partial charge in [0.15, 0.2) is 11.4 Å². The zero-order valence-electron chi connectivity index (χ0n) is 13.1. The Morgan fingerprint density at radius 1 is 1.21 bits per heavy atom. The van der Waals surface area contributed by atoms with E-state index in [0.717, 1.165) is 5.56 Å². The fourth-order valence-corrected chi connectivity index (χ4v) is 2.81. The molecule has 126 valence electrons. The lowest BCUT2D eigenvalue weighted by Crippen LogP contribution is -2.41. The first kappa shape index (κ1) is 16.2. The molecule has 2 heterocycles. The van der Waals surface area contributed by atoms with Crippen LogP contribution in [0, 0.1) is 5.82 Å². The second-order valence-electron chi connectivity index (χ2n) is 5.83. The molecule has 0 aliphatic carbocycles. The second-order valence-corrected chi connectivity index (χ2v) is 5.83. The van der Waals surface area contributed by atoms with Crippen molar-refractivity contribution < 1.29 is 19.4 Å². The number of aromatic hydroxyl groups is 1. The standard InChI is InChI=1S/C17H17FN2O4/c1-10(21)13-9-19-6-7-20(8-11-2-4-12(18)5-3-11)17(24)14(19)16(23)15(13)22/h2-5,9-10,21,23H,6-8H2,1H3. The fourth-order valence-electron chi connectivity index (χ4n) is 2.81. The van der Waals surface area contributed by atoms with Crippen LogP contribution in [0.25, 0.3) is 0 Å². The number of aliphatic hydroxyl groups is 1. The van der Waals surface area contributed by atoms with E-state index >= 15 is 0 Å². The number of pyridine rings is 1. The number of amides is 1. The van der Waals surface area contributed by atoms with E-state index in [-0.39, 0.29) is 23.6 Å². The third-order valence-electron chi connectivity index (χ3n) is 4.12. The minimum Gasteiger partial charge on any atom is -0.503 e. The van der Waals surface area contributed by atoms with Crippen LogP contribution in [-0.4, -0.2) is 32.1 Å². The molecule has 1 aromatic heterocycles. The van der Waals surface area contributed by atoms with Gasteiger partial charge in [-0.05, 0) is 24.6 Å². The smallest absolute Gasteiger partial charge is 0.274 e.